The van der Waals surface area contributed by atoms with E-state index < -0.39 is 18.5 Å². The van der Waals surface area contributed by atoms with Crippen LogP contribution in [0.1, 0.15) is 15.9 Å². The molecule has 0 aliphatic rings. The fourth-order valence-electron chi connectivity index (χ4n) is 2.55. The first kappa shape index (κ1) is 19.2. The summed E-state index contributed by atoms with van der Waals surface area (Å²) < 4.78 is 5.31. The minimum Gasteiger partial charge on any atom is -0.506 e. The van der Waals surface area contributed by atoms with E-state index in [2.05, 4.69) is 10.5 Å². The molecule has 0 unspecified atom stereocenters. The van der Waals surface area contributed by atoms with E-state index in [1.807, 2.05) is 18.2 Å². The Kier molecular flexibility index (Phi) is 5.76. The van der Waals surface area contributed by atoms with Crippen LogP contribution in [-0.4, -0.2) is 34.9 Å². The molecule has 142 valence electrons. The number of carboxylic acid groups (broad SMARTS) is 1. The lowest BCUT2D eigenvalue weighted by atomic mass is 10.0. The topological polar surface area (TPSA) is 108 Å². The van der Waals surface area contributed by atoms with Crippen molar-refractivity contribution in [2.24, 2.45) is 5.10 Å². The van der Waals surface area contributed by atoms with E-state index in [0.29, 0.717) is 11.3 Å². The van der Waals surface area contributed by atoms with Crippen molar-refractivity contribution in [3.8, 4) is 11.5 Å². The lowest BCUT2D eigenvalue weighted by Gasteiger charge is -2.09. The molecule has 0 atom stereocenters. The zero-order valence-electron chi connectivity index (χ0n) is 14.4. The maximum absolute atomic E-state index is 12.1. The van der Waals surface area contributed by atoms with Gasteiger partial charge in [-0.15, -0.1) is 0 Å². The number of aliphatic carboxylic acids is 1. The molecule has 0 aromatic heterocycles. The molecule has 3 N–H and O–H groups in total. The number of nitrogens with one attached hydrogen (secondary N) is 1. The van der Waals surface area contributed by atoms with Gasteiger partial charge in [-0.3, -0.25) is 4.79 Å². The number of phenolic OH excluding ortho intramolecular Hbond substituents is 1. The fraction of sp³-hybridized carbons (Fsp3) is 0.0500. The van der Waals surface area contributed by atoms with Gasteiger partial charge in [0.15, 0.2) is 6.61 Å². The van der Waals surface area contributed by atoms with Crippen molar-refractivity contribution in [2.75, 3.05) is 6.61 Å². The van der Waals surface area contributed by atoms with Crippen molar-refractivity contribution in [1.29, 1.82) is 0 Å². The average Bonchev–Trinajstić information content (AvgIpc) is 2.69. The van der Waals surface area contributed by atoms with Gasteiger partial charge in [0.25, 0.3) is 5.91 Å². The lowest BCUT2D eigenvalue weighted by Crippen LogP contribution is -2.17. The van der Waals surface area contributed by atoms with E-state index in [0.717, 1.165) is 10.8 Å². The van der Waals surface area contributed by atoms with Gasteiger partial charge in [-0.1, -0.05) is 35.9 Å². The van der Waals surface area contributed by atoms with Crippen LogP contribution < -0.4 is 10.2 Å². The summed E-state index contributed by atoms with van der Waals surface area (Å²) in [5, 5.41) is 23.7. The lowest BCUT2D eigenvalue weighted by molar-refractivity contribution is -0.139. The SMILES string of the molecule is O=C(O)COc1ccc(C=NNC(=O)c2ccc(O)c(Cl)c2)c2ccccc12. The number of ether oxygens (including phenoxy) is 1. The maximum Gasteiger partial charge on any atom is 0.341 e. The summed E-state index contributed by atoms with van der Waals surface area (Å²) in [5.41, 5.74) is 3.36. The van der Waals surface area contributed by atoms with Gasteiger partial charge in [-0.25, -0.2) is 10.2 Å². The number of hydrogen-bond donors (Lipinski definition) is 3. The Hall–Kier alpha value is -3.58. The highest BCUT2D eigenvalue weighted by Gasteiger charge is 2.09. The molecule has 28 heavy (non-hydrogen) atoms. The normalized spacial score (nSPS) is 10.9. The highest BCUT2D eigenvalue weighted by atomic mass is 35.5. The first-order valence-corrected chi connectivity index (χ1v) is 8.52. The molecule has 0 spiro atoms. The number of rotatable bonds is 6. The standard InChI is InChI=1S/C20H15ClN2O5/c21-16-9-12(5-7-17(16)24)20(27)23-22-10-13-6-8-18(28-11-19(25)26)15-4-2-1-3-14(13)15/h1-10,24H,11H2,(H,23,27)(H,25,26). The summed E-state index contributed by atoms with van der Waals surface area (Å²) >= 11 is 5.80. The van der Waals surface area contributed by atoms with Crippen LogP contribution in [0.25, 0.3) is 10.8 Å². The molecule has 0 fully saturated rings. The molecule has 3 rings (SSSR count). The number of carbonyl (C=O) groups excluding carboxylic acids is 1. The molecule has 0 bridgehead atoms. The number of halogens is 1. The fourth-order valence-corrected chi connectivity index (χ4v) is 2.73. The summed E-state index contributed by atoms with van der Waals surface area (Å²) in [5.74, 6) is -1.22. The summed E-state index contributed by atoms with van der Waals surface area (Å²) in [6.07, 6.45) is 1.48. The quantitative estimate of drug-likeness (QED) is 0.435. The Morgan fingerprint density at radius 1 is 1.11 bits per heavy atom. The molecule has 1 amide bonds. The van der Waals surface area contributed by atoms with Crippen LogP contribution in [0, 0.1) is 0 Å². The molecule has 0 radical (unpaired) electrons. The highest BCUT2D eigenvalue weighted by Crippen LogP contribution is 2.28. The van der Waals surface area contributed by atoms with E-state index in [4.69, 9.17) is 21.4 Å². The van der Waals surface area contributed by atoms with Crippen molar-refractivity contribution in [1.82, 2.24) is 5.43 Å². The molecule has 3 aromatic carbocycles. The number of benzene rings is 3. The number of carboxylic acids is 1. The van der Waals surface area contributed by atoms with E-state index in [1.165, 1.54) is 24.4 Å². The molecular formula is C20H15ClN2O5. The Morgan fingerprint density at radius 3 is 2.57 bits per heavy atom. The van der Waals surface area contributed by atoms with Crippen LogP contribution in [0.3, 0.4) is 0 Å². The number of fused-ring (bicyclic) bond motifs is 1. The van der Waals surface area contributed by atoms with E-state index >= 15 is 0 Å². The van der Waals surface area contributed by atoms with Crippen molar-refractivity contribution in [3.05, 3.63) is 70.7 Å². The zero-order valence-corrected chi connectivity index (χ0v) is 15.2. The third-order valence-electron chi connectivity index (χ3n) is 3.85. The van der Waals surface area contributed by atoms with Gasteiger partial charge in [0.2, 0.25) is 0 Å². The van der Waals surface area contributed by atoms with Gasteiger partial charge in [0, 0.05) is 16.5 Å². The van der Waals surface area contributed by atoms with Crippen LogP contribution >= 0.6 is 11.6 Å². The number of phenols is 1. The smallest absolute Gasteiger partial charge is 0.341 e. The highest BCUT2D eigenvalue weighted by molar-refractivity contribution is 6.32. The van der Waals surface area contributed by atoms with E-state index in [1.54, 1.807) is 18.2 Å². The van der Waals surface area contributed by atoms with Crippen molar-refractivity contribution >= 4 is 40.5 Å². The van der Waals surface area contributed by atoms with Crippen molar-refractivity contribution < 1.29 is 24.5 Å². The van der Waals surface area contributed by atoms with Gasteiger partial charge >= 0.3 is 5.97 Å². The number of hydrazone groups is 1. The van der Waals surface area contributed by atoms with Gasteiger partial charge in [0.1, 0.15) is 11.5 Å². The number of hydrogen-bond acceptors (Lipinski definition) is 5. The van der Waals surface area contributed by atoms with Gasteiger partial charge in [-0.05, 0) is 35.7 Å². The summed E-state index contributed by atoms with van der Waals surface area (Å²) in [6.45, 7) is -0.442. The Labute approximate surface area is 164 Å². The molecule has 7 nitrogen and oxygen atoms in total. The third kappa shape index (κ3) is 4.39. The first-order chi connectivity index (χ1) is 13.5. The summed E-state index contributed by atoms with van der Waals surface area (Å²) in [4.78, 5) is 22.9. The summed E-state index contributed by atoms with van der Waals surface area (Å²) in [7, 11) is 0. The number of aromatic hydroxyl groups is 1. The van der Waals surface area contributed by atoms with Crippen LogP contribution in [0.15, 0.2) is 59.7 Å². The van der Waals surface area contributed by atoms with Crippen LogP contribution in [0.2, 0.25) is 5.02 Å². The van der Waals surface area contributed by atoms with Gasteiger partial charge in [0.05, 0.1) is 11.2 Å². The Morgan fingerprint density at radius 2 is 1.86 bits per heavy atom. The third-order valence-corrected chi connectivity index (χ3v) is 4.15. The molecular weight excluding hydrogens is 384 g/mol. The predicted octanol–water partition coefficient (Wildman–Crippen LogP) is 3.43. The average molecular weight is 399 g/mol. The number of nitrogens with zero attached hydrogens (tertiary/aromatic N) is 1. The van der Waals surface area contributed by atoms with E-state index in [9.17, 15) is 14.7 Å². The van der Waals surface area contributed by atoms with E-state index in [-0.39, 0.29) is 16.3 Å². The maximum atomic E-state index is 12.1. The minimum absolute atomic E-state index is 0.0690. The molecule has 0 heterocycles. The second-order valence-corrected chi connectivity index (χ2v) is 6.15. The van der Waals surface area contributed by atoms with Crippen molar-refractivity contribution in [2.45, 2.75) is 0 Å². The van der Waals surface area contributed by atoms with Crippen LogP contribution in [-0.2, 0) is 4.79 Å². The number of carbonyl (C=O) groups is 2. The largest absolute Gasteiger partial charge is 0.506 e. The first-order valence-electron chi connectivity index (χ1n) is 8.14. The van der Waals surface area contributed by atoms with Crippen molar-refractivity contribution in [3.63, 3.8) is 0 Å². The van der Waals surface area contributed by atoms with Crippen LogP contribution in [0.5, 0.6) is 11.5 Å². The predicted molar refractivity (Wildman–Crippen MR) is 105 cm³/mol. The van der Waals surface area contributed by atoms with Crippen LogP contribution in [0.4, 0.5) is 0 Å². The molecule has 3 aromatic rings. The monoisotopic (exact) mass is 398 g/mol. The number of amides is 1. The zero-order chi connectivity index (χ0) is 20.1. The molecule has 0 aliphatic heterocycles. The minimum atomic E-state index is -1.06. The molecule has 0 saturated heterocycles. The Bertz CT molecular complexity index is 1080. The molecule has 8 heteroatoms. The second-order valence-electron chi connectivity index (χ2n) is 5.75. The van der Waals surface area contributed by atoms with Gasteiger partial charge in [-0.2, -0.15) is 5.10 Å². The summed E-state index contributed by atoms with van der Waals surface area (Å²) in [6, 6.07) is 14.7. The molecule has 0 saturated carbocycles. The second kappa shape index (κ2) is 8.41. The molecule has 0 aliphatic carbocycles. The Balaban J connectivity index is 1.80. The van der Waals surface area contributed by atoms with Gasteiger partial charge < -0.3 is 14.9 Å².